The summed E-state index contributed by atoms with van der Waals surface area (Å²) in [5, 5.41) is 15.8. The Morgan fingerprint density at radius 1 is 1.07 bits per heavy atom. The van der Waals surface area contributed by atoms with Crippen LogP contribution in [0.25, 0.3) is 0 Å². The Labute approximate surface area is 258 Å². The number of amides is 2. The third kappa shape index (κ3) is 9.15. The topological polar surface area (TPSA) is 128 Å². The zero-order valence-electron chi connectivity index (χ0n) is 23.4. The fraction of sp³-hybridized carbons (Fsp3) is 0.483. The molecule has 2 aliphatic heterocycles. The second kappa shape index (κ2) is 15.2. The quantitative estimate of drug-likeness (QED) is 0.325. The van der Waals surface area contributed by atoms with Gasteiger partial charge in [0.2, 0.25) is 11.8 Å². The minimum absolute atomic E-state index is 0.0456. The van der Waals surface area contributed by atoms with Crippen LogP contribution in [0.15, 0.2) is 47.4 Å². The Hall–Kier alpha value is -2.70. The van der Waals surface area contributed by atoms with Gasteiger partial charge in [0.25, 0.3) is 0 Å². The van der Waals surface area contributed by atoms with Crippen molar-refractivity contribution in [1.29, 1.82) is 0 Å². The summed E-state index contributed by atoms with van der Waals surface area (Å²) in [4.78, 5) is 39.9. The number of piperidine rings is 1. The molecule has 10 nitrogen and oxygen atoms in total. The third-order valence-electron chi connectivity index (χ3n) is 7.32. The van der Waals surface area contributed by atoms with E-state index in [0.717, 1.165) is 19.6 Å². The summed E-state index contributed by atoms with van der Waals surface area (Å²) in [7, 11) is -1.85. The summed E-state index contributed by atoms with van der Waals surface area (Å²) in [6.45, 7) is 5.12. The first kappa shape index (κ1) is 32.2. The van der Waals surface area contributed by atoms with Crippen LogP contribution in [0.2, 0.25) is 10.0 Å². The van der Waals surface area contributed by atoms with Gasteiger partial charge in [0.1, 0.15) is 35.4 Å². The molecule has 42 heavy (non-hydrogen) atoms. The van der Waals surface area contributed by atoms with Crippen LogP contribution in [-0.2, 0) is 31.8 Å². The zero-order valence-corrected chi connectivity index (χ0v) is 25.7. The molecule has 2 aromatic carbocycles. The Kier molecular flexibility index (Phi) is 11.6. The van der Waals surface area contributed by atoms with E-state index in [2.05, 4.69) is 15.5 Å². The maximum absolute atomic E-state index is 13.5. The SMILES string of the molecule is CC(=O)N[C@H]1C[C@@H](C(=O)N[C@@H](Cc2ccc(OCCN3CCCCC3)cc2)C(=O)O)N(S(=O)c2cc(Cl)cc(Cl)c2)C1. The van der Waals surface area contributed by atoms with Crippen LogP contribution < -0.4 is 15.4 Å². The molecule has 0 spiro atoms. The second-order valence-electron chi connectivity index (χ2n) is 10.6. The summed E-state index contributed by atoms with van der Waals surface area (Å²) in [5.74, 6) is -1.40. The van der Waals surface area contributed by atoms with Gasteiger partial charge in [0.05, 0.1) is 4.90 Å². The van der Waals surface area contributed by atoms with Crippen molar-refractivity contribution in [2.24, 2.45) is 0 Å². The summed E-state index contributed by atoms with van der Waals surface area (Å²) in [6.07, 6.45) is 3.93. The lowest BCUT2D eigenvalue weighted by Crippen LogP contribution is -2.50. The van der Waals surface area contributed by atoms with Gasteiger partial charge in [-0.3, -0.25) is 14.5 Å². The second-order valence-corrected chi connectivity index (χ2v) is 12.9. The van der Waals surface area contributed by atoms with E-state index in [-0.39, 0.29) is 35.3 Å². The highest BCUT2D eigenvalue weighted by Gasteiger charge is 2.42. The maximum Gasteiger partial charge on any atom is 0.326 e. The van der Waals surface area contributed by atoms with Crippen LogP contribution in [0.3, 0.4) is 0 Å². The molecule has 3 N–H and O–H groups in total. The average molecular weight is 640 g/mol. The maximum atomic E-state index is 13.5. The van der Waals surface area contributed by atoms with Gasteiger partial charge in [0, 0.05) is 42.5 Å². The standard InChI is InChI=1S/C29H36Cl2N4O6S/c1-19(36)32-23-17-27(35(18-23)42(40)25-15-21(30)14-22(31)16-25)28(37)33-26(29(38)39)13-20-5-7-24(8-6-20)41-12-11-34-9-3-2-4-10-34/h5-8,14-16,23,26-27H,2-4,9-13,17-18H2,1H3,(H,32,36)(H,33,37)(H,38,39)/t23-,26-,27-,42?/m0/s1. The van der Waals surface area contributed by atoms with Crippen molar-refractivity contribution in [3.8, 4) is 5.75 Å². The number of nitrogens with zero attached hydrogens (tertiary/aromatic N) is 2. The Bertz CT molecular complexity index is 1270. The van der Waals surface area contributed by atoms with Gasteiger partial charge in [-0.25, -0.2) is 13.3 Å². The van der Waals surface area contributed by atoms with Crippen LogP contribution in [0.1, 0.15) is 38.2 Å². The van der Waals surface area contributed by atoms with Crippen LogP contribution in [0, 0.1) is 0 Å². The number of ether oxygens (including phenoxy) is 1. The predicted octanol–water partition coefficient (Wildman–Crippen LogP) is 3.27. The van der Waals surface area contributed by atoms with Crippen molar-refractivity contribution in [3.63, 3.8) is 0 Å². The van der Waals surface area contributed by atoms with E-state index in [1.165, 1.54) is 48.7 Å². The highest BCUT2D eigenvalue weighted by molar-refractivity contribution is 7.82. The zero-order chi connectivity index (χ0) is 30.2. The predicted molar refractivity (Wildman–Crippen MR) is 161 cm³/mol. The number of carbonyl (C=O) groups is 3. The first-order valence-corrected chi connectivity index (χ1v) is 15.8. The highest BCUT2D eigenvalue weighted by atomic mass is 35.5. The van der Waals surface area contributed by atoms with Gasteiger partial charge < -0.3 is 20.5 Å². The van der Waals surface area contributed by atoms with E-state index in [9.17, 15) is 23.7 Å². The molecule has 4 atom stereocenters. The number of halogens is 2. The summed E-state index contributed by atoms with van der Waals surface area (Å²) >= 11 is 12.2. The number of rotatable bonds is 12. The molecule has 2 saturated heterocycles. The lowest BCUT2D eigenvalue weighted by Gasteiger charge is -2.26. The minimum Gasteiger partial charge on any atom is -0.492 e. The van der Waals surface area contributed by atoms with Gasteiger partial charge in [-0.1, -0.05) is 41.8 Å². The highest BCUT2D eigenvalue weighted by Crippen LogP contribution is 2.28. The van der Waals surface area contributed by atoms with Crippen LogP contribution in [0.4, 0.5) is 0 Å². The van der Waals surface area contributed by atoms with E-state index in [1.807, 2.05) is 0 Å². The van der Waals surface area contributed by atoms with Crippen LogP contribution in [0.5, 0.6) is 5.75 Å². The molecule has 2 amide bonds. The number of carboxylic acids is 1. The number of hydrogen-bond acceptors (Lipinski definition) is 6. The van der Waals surface area contributed by atoms with Crippen molar-refractivity contribution >= 4 is 52.0 Å². The molecule has 0 bridgehead atoms. The molecule has 0 radical (unpaired) electrons. The number of likely N-dealkylation sites (tertiary alicyclic amines) is 1. The van der Waals surface area contributed by atoms with E-state index in [0.29, 0.717) is 22.8 Å². The van der Waals surface area contributed by atoms with E-state index in [1.54, 1.807) is 24.3 Å². The summed E-state index contributed by atoms with van der Waals surface area (Å²) < 4.78 is 20.8. The minimum atomic E-state index is -1.85. The largest absolute Gasteiger partial charge is 0.492 e. The van der Waals surface area contributed by atoms with Crippen molar-refractivity contribution in [2.45, 2.75) is 62.0 Å². The smallest absolute Gasteiger partial charge is 0.326 e. The van der Waals surface area contributed by atoms with Crippen molar-refractivity contribution in [2.75, 3.05) is 32.8 Å². The van der Waals surface area contributed by atoms with Gasteiger partial charge in [-0.2, -0.15) is 0 Å². The number of aliphatic carboxylic acids is 1. The lowest BCUT2D eigenvalue weighted by atomic mass is 10.0. The monoisotopic (exact) mass is 638 g/mol. The van der Waals surface area contributed by atoms with E-state index < -0.39 is 41.0 Å². The number of nitrogens with one attached hydrogen (secondary N) is 2. The Morgan fingerprint density at radius 2 is 1.74 bits per heavy atom. The third-order valence-corrected chi connectivity index (χ3v) is 9.22. The molecular weight excluding hydrogens is 603 g/mol. The molecule has 228 valence electrons. The number of hydrogen-bond donors (Lipinski definition) is 3. The molecule has 2 aromatic rings. The molecule has 13 heteroatoms. The molecule has 2 aliphatic rings. The van der Waals surface area contributed by atoms with Gasteiger partial charge >= 0.3 is 5.97 Å². The van der Waals surface area contributed by atoms with E-state index in [4.69, 9.17) is 27.9 Å². The molecule has 0 aliphatic carbocycles. The van der Waals surface area contributed by atoms with Crippen molar-refractivity contribution in [3.05, 3.63) is 58.1 Å². The average Bonchev–Trinajstić information content (AvgIpc) is 3.36. The van der Waals surface area contributed by atoms with Crippen molar-refractivity contribution < 1.29 is 28.4 Å². The lowest BCUT2D eigenvalue weighted by molar-refractivity contribution is -0.142. The number of carbonyl (C=O) groups excluding carboxylic acids is 2. The molecule has 0 aromatic heterocycles. The van der Waals surface area contributed by atoms with E-state index >= 15 is 0 Å². The van der Waals surface area contributed by atoms with Gasteiger partial charge in [-0.05, 0) is 68.2 Å². The Morgan fingerprint density at radius 3 is 2.36 bits per heavy atom. The fourth-order valence-electron chi connectivity index (χ4n) is 5.28. The number of carboxylic acid groups (broad SMARTS) is 1. The van der Waals surface area contributed by atoms with Crippen molar-refractivity contribution in [1.82, 2.24) is 19.8 Å². The van der Waals surface area contributed by atoms with Gasteiger partial charge in [0.15, 0.2) is 0 Å². The number of benzene rings is 2. The normalized spacial score (nSPS) is 20.9. The molecule has 2 fully saturated rings. The first-order valence-electron chi connectivity index (χ1n) is 14.0. The summed E-state index contributed by atoms with van der Waals surface area (Å²) in [5.41, 5.74) is 0.711. The van der Waals surface area contributed by atoms with Gasteiger partial charge in [-0.15, -0.1) is 0 Å². The fourth-order valence-corrected chi connectivity index (χ4v) is 7.40. The first-order chi connectivity index (χ1) is 20.1. The van der Waals surface area contributed by atoms with Crippen LogP contribution in [-0.4, -0.2) is 87.2 Å². The molecular formula is C29H36Cl2N4O6S. The molecule has 2 heterocycles. The molecule has 4 rings (SSSR count). The molecule has 1 unspecified atom stereocenters. The molecule has 0 saturated carbocycles. The summed E-state index contributed by atoms with van der Waals surface area (Å²) in [6, 6.07) is 9.00. The Balaban J connectivity index is 1.39. The van der Waals surface area contributed by atoms with Crippen LogP contribution >= 0.6 is 23.2 Å².